The standard InChI is InChI=1S/C62H36F3N5/c63-62(64,65)51-22-8-1-15-40(51)49-33-34-58(69-56-27-13-6-20-45(56)47-31-29-38(35-59(47)69)67-52-23-9-2-16-41(52)42-17-3-10-24-53(42)67)50(37-66)61(49)70-57-28-14-7-21-46(57)48-32-30-39(36-60(48)70)68-54-25-11-4-18-43(54)44-19-5-12-26-55(44)68/h1-36H. The fraction of sp³-hybridized carbons (Fsp3) is 0.0161. The van der Waals surface area contributed by atoms with E-state index in [1.807, 2.05) is 89.5 Å². The lowest BCUT2D eigenvalue weighted by atomic mass is 9.94. The maximum absolute atomic E-state index is 15.3. The first-order chi connectivity index (χ1) is 34.4. The van der Waals surface area contributed by atoms with Gasteiger partial charge in [0.15, 0.2) is 0 Å². The summed E-state index contributed by atoms with van der Waals surface area (Å²) in [7, 11) is 0. The second-order valence-corrected chi connectivity index (χ2v) is 17.9. The highest BCUT2D eigenvalue weighted by molar-refractivity contribution is 6.14. The summed E-state index contributed by atoms with van der Waals surface area (Å²) < 4.78 is 54.5. The number of nitriles is 1. The first-order valence-electron chi connectivity index (χ1n) is 23.2. The number of hydrogen-bond acceptors (Lipinski definition) is 1. The van der Waals surface area contributed by atoms with E-state index in [0.29, 0.717) is 11.4 Å². The van der Waals surface area contributed by atoms with E-state index in [1.54, 1.807) is 12.1 Å². The first kappa shape index (κ1) is 39.8. The summed E-state index contributed by atoms with van der Waals surface area (Å²) in [5.41, 5.74) is 9.79. The molecule has 4 aromatic heterocycles. The van der Waals surface area contributed by atoms with Gasteiger partial charge >= 0.3 is 6.18 Å². The Labute approximate surface area is 397 Å². The Morgan fingerprint density at radius 1 is 0.329 bits per heavy atom. The normalized spacial score (nSPS) is 12.2. The lowest BCUT2D eigenvalue weighted by molar-refractivity contribution is -0.137. The molecule has 70 heavy (non-hydrogen) atoms. The molecular formula is C62H36F3N5. The largest absolute Gasteiger partial charge is 0.417 e. The zero-order valence-corrected chi connectivity index (χ0v) is 37.2. The molecule has 0 saturated carbocycles. The third-order valence-electron chi connectivity index (χ3n) is 14.2. The maximum atomic E-state index is 15.3. The Balaban J connectivity index is 1.11. The summed E-state index contributed by atoms with van der Waals surface area (Å²) in [4.78, 5) is 0. The third-order valence-corrected chi connectivity index (χ3v) is 14.2. The smallest absolute Gasteiger partial charge is 0.309 e. The fourth-order valence-corrected chi connectivity index (χ4v) is 11.4. The second kappa shape index (κ2) is 14.8. The van der Waals surface area contributed by atoms with Crippen LogP contribution in [0.3, 0.4) is 0 Å². The number of fused-ring (bicyclic) bond motifs is 12. The number of benzene rings is 10. The van der Waals surface area contributed by atoms with Crippen LogP contribution in [0.2, 0.25) is 0 Å². The van der Waals surface area contributed by atoms with Crippen LogP contribution >= 0.6 is 0 Å². The van der Waals surface area contributed by atoms with E-state index < -0.39 is 11.7 Å². The monoisotopic (exact) mass is 907 g/mol. The summed E-state index contributed by atoms with van der Waals surface area (Å²) in [5.74, 6) is 0. The Morgan fingerprint density at radius 3 is 1.11 bits per heavy atom. The highest BCUT2D eigenvalue weighted by Gasteiger charge is 2.35. The van der Waals surface area contributed by atoms with Crippen molar-refractivity contribution in [1.29, 1.82) is 5.26 Å². The van der Waals surface area contributed by atoms with Crippen LogP contribution in [0.15, 0.2) is 218 Å². The van der Waals surface area contributed by atoms with Gasteiger partial charge in [0.1, 0.15) is 11.6 Å². The quantitative estimate of drug-likeness (QED) is 0.170. The van der Waals surface area contributed by atoms with Crippen molar-refractivity contribution in [3.63, 3.8) is 0 Å². The van der Waals surface area contributed by atoms with Gasteiger partial charge in [-0.05, 0) is 78.4 Å². The molecule has 0 fully saturated rings. The van der Waals surface area contributed by atoms with E-state index >= 15 is 13.2 Å². The molecule has 14 aromatic rings. The molecule has 14 rings (SSSR count). The molecular weight excluding hydrogens is 872 g/mol. The number of aromatic nitrogens is 4. The molecule has 0 radical (unpaired) electrons. The first-order valence-corrected chi connectivity index (χ1v) is 23.2. The zero-order chi connectivity index (χ0) is 46.8. The SMILES string of the molecule is N#Cc1c(-n2c3ccccc3c3ccc(-n4c5ccccc5c5ccccc54)cc32)ccc(-c2ccccc2C(F)(F)F)c1-n1c2ccccc2c2ccc(-n3c4ccccc4c4ccccc43)cc21. The van der Waals surface area contributed by atoms with E-state index in [9.17, 15) is 5.26 Å². The van der Waals surface area contributed by atoms with Crippen LogP contribution in [0.1, 0.15) is 11.1 Å². The summed E-state index contributed by atoms with van der Waals surface area (Å²) in [6.07, 6.45) is -4.68. The number of rotatable bonds is 5. The van der Waals surface area contributed by atoms with Gasteiger partial charge in [0.05, 0.1) is 61.1 Å². The number of alkyl halides is 3. The van der Waals surface area contributed by atoms with Crippen molar-refractivity contribution in [2.24, 2.45) is 0 Å². The zero-order valence-electron chi connectivity index (χ0n) is 37.2. The minimum atomic E-state index is -4.68. The minimum Gasteiger partial charge on any atom is -0.309 e. The Hall–Kier alpha value is -9.32. The number of para-hydroxylation sites is 6. The van der Waals surface area contributed by atoms with E-state index in [1.165, 1.54) is 12.1 Å². The van der Waals surface area contributed by atoms with Crippen molar-refractivity contribution in [3.05, 3.63) is 230 Å². The van der Waals surface area contributed by atoms with Crippen LogP contribution in [-0.2, 0) is 6.18 Å². The highest BCUT2D eigenvalue weighted by Crippen LogP contribution is 2.46. The molecule has 0 aliphatic heterocycles. The predicted molar refractivity (Wildman–Crippen MR) is 279 cm³/mol. The molecule has 8 heteroatoms. The molecule has 0 bridgehead atoms. The van der Waals surface area contributed by atoms with Gasteiger partial charge in [-0.1, -0.05) is 146 Å². The summed E-state index contributed by atoms with van der Waals surface area (Å²) in [5, 5.41) is 20.1. The molecule has 0 aliphatic carbocycles. The van der Waals surface area contributed by atoms with Crippen molar-refractivity contribution in [2.75, 3.05) is 0 Å². The van der Waals surface area contributed by atoms with E-state index in [0.717, 1.165) is 105 Å². The van der Waals surface area contributed by atoms with Gasteiger partial charge in [0, 0.05) is 60.0 Å². The van der Waals surface area contributed by atoms with Crippen molar-refractivity contribution in [1.82, 2.24) is 18.3 Å². The summed E-state index contributed by atoms with van der Waals surface area (Å²) >= 11 is 0. The molecule has 5 nitrogen and oxygen atoms in total. The average molecular weight is 908 g/mol. The highest BCUT2D eigenvalue weighted by atomic mass is 19.4. The van der Waals surface area contributed by atoms with Gasteiger partial charge in [-0.3, -0.25) is 0 Å². The van der Waals surface area contributed by atoms with Crippen LogP contribution in [0.4, 0.5) is 13.2 Å². The molecule has 0 N–H and O–H groups in total. The van der Waals surface area contributed by atoms with Crippen LogP contribution in [-0.4, -0.2) is 18.3 Å². The average Bonchev–Trinajstić information content (AvgIpc) is 4.12. The minimum absolute atomic E-state index is 0.0200. The van der Waals surface area contributed by atoms with Crippen LogP contribution in [0.25, 0.3) is 121 Å². The molecule has 0 saturated heterocycles. The number of nitrogens with zero attached hydrogens (tertiary/aromatic N) is 5. The second-order valence-electron chi connectivity index (χ2n) is 17.9. The molecule has 4 heterocycles. The predicted octanol–water partition coefficient (Wildman–Crippen LogP) is 16.6. The van der Waals surface area contributed by atoms with Crippen molar-refractivity contribution >= 4 is 87.2 Å². The number of hydrogen-bond donors (Lipinski definition) is 0. The van der Waals surface area contributed by atoms with Gasteiger partial charge in [-0.25, -0.2) is 0 Å². The molecule has 330 valence electrons. The van der Waals surface area contributed by atoms with Crippen molar-refractivity contribution in [3.8, 4) is 39.9 Å². The van der Waals surface area contributed by atoms with Gasteiger partial charge in [0.25, 0.3) is 0 Å². The fourth-order valence-electron chi connectivity index (χ4n) is 11.4. The van der Waals surface area contributed by atoms with Crippen LogP contribution < -0.4 is 0 Å². The molecule has 10 aromatic carbocycles. The van der Waals surface area contributed by atoms with E-state index in [4.69, 9.17) is 0 Å². The summed E-state index contributed by atoms with van der Waals surface area (Å²) in [6, 6.07) is 74.0. The lowest BCUT2D eigenvalue weighted by Gasteiger charge is -2.22. The van der Waals surface area contributed by atoms with Gasteiger partial charge in [-0.15, -0.1) is 0 Å². The summed E-state index contributed by atoms with van der Waals surface area (Å²) in [6.45, 7) is 0. The Bertz CT molecular complexity index is 4450. The van der Waals surface area contributed by atoms with E-state index in [-0.39, 0.29) is 16.7 Å². The maximum Gasteiger partial charge on any atom is 0.417 e. The van der Waals surface area contributed by atoms with Crippen LogP contribution in [0.5, 0.6) is 0 Å². The van der Waals surface area contributed by atoms with Gasteiger partial charge < -0.3 is 18.3 Å². The number of halogens is 3. The van der Waals surface area contributed by atoms with E-state index in [2.05, 4.69) is 123 Å². The van der Waals surface area contributed by atoms with Crippen molar-refractivity contribution < 1.29 is 13.2 Å². The van der Waals surface area contributed by atoms with Crippen LogP contribution in [0, 0.1) is 11.3 Å². The van der Waals surface area contributed by atoms with Gasteiger partial charge in [-0.2, -0.15) is 18.4 Å². The van der Waals surface area contributed by atoms with Crippen molar-refractivity contribution in [2.45, 2.75) is 6.18 Å². The topological polar surface area (TPSA) is 43.5 Å². The molecule has 0 unspecified atom stereocenters. The third kappa shape index (κ3) is 5.60. The molecule has 0 spiro atoms. The molecule has 0 aliphatic rings. The lowest BCUT2D eigenvalue weighted by Crippen LogP contribution is -2.10. The Morgan fingerprint density at radius 2 is 0.686 bits per heavy atom. The molecule has 0 atom stereocenters. The molecule has 0 amide bonds. The van der Waals surface area contributed by atoms with Gasteiger partial charge in [0.2, 0.25) is 0 Å². The Kier molecular flexibility index (Phi) is 8.44.